The molecule has 1 saturated carbocycles. The van der Waals surface area contributed by atoms with Crippen LogP contribution in [-0.4, -0.2) is 10.7 Å². The van der Waals surface area contributed by atoms with Gasteiger partial charge >= 0.3 is 0 Å². The lowest BCUT2D eigenvalue weighted by Crippen LogP contribution is -2.41. The van der Waals surface area contributed by atoms with Crippen LogP contribution in [0.15, 0.2) is 0 Å². The number of aliphatic hydroxyl groups is 1. The Bertz CT molecular complexity index is 76.2. The molecule has 0 bridgehead atoms. The van der Waals surface area contributed by atoms with Crippen molar-refractivity contribution in [3.05, 3.63) is 0 Å². The van der Waals surface area contributed by atoms with Crippen molar-refractivity contribution in [1.82, 2.24) is 0 Å². The van der Waals surface area contributed by atoms with E-state index in [4.69, 9.17) is 0 Å². The van der Waals surface area contributed by atoms with Crippen molar-refractivity contribution in [2.24, 2.45) is 5.92 Å². The van der Waals surface area contributed by atoms with Gasteiger partial charge in [0.15, 0.2) is 0 Å². The highest BCUT2D eigenvalue weighted by molar-refractivity contribution is 4.88. The second kappa shape index (κ2) is 1.22. The minimum Gasteiger partial charge on any atom is -0.390 e. The highest BCUT2D eigenvalue weighted by Gasteiger charge is 2.36. The SMILES string of the molecule is CC1CCC1(C)O. The smallest absolute Gasteiger partial charge is 0.0645 e. The van der Waals surface area contributed by atoms with Crippen molar-refractivity contribution in [2.75, 3.05) is 0 Å². The molecule has 0 aromatic heterocycles. The average molecular weight is 100 g/mol. The molecule has 1 heteroatoms. The summed E-state index contributed by atoms with van der Waals surface area (Å²) in [6, 6.07) is 0. The van der Waals surface area contributed by atoms with E-state index in [1.807, 2.05) is 6.92 Å². The standard InChI is InChI=1S/C6H12O/c1-5-3-4-6(5,2)7/h5,7H,3-4H2,1-2H3. The third-order valence-electron chi connectivity index (χ3n) is 2.15. The zero-order valence-corrected chi connectivity index (χ0v) is 4.94. The normalized spacial score (nSPS) is 51.0. The molecule has 0 aromatic carbocycles. The zero-order valence-electron chi connectivity index (χ0n) is 4.94. The Morgan fingerprint density at radius 2 is 2.14 bits per heavy atom. The van der Waals surface area contributed by atoms with E-state index >= 15 is 0 Å². The highest BCUT2D eigenvalue weighted by atomic mass is 16.3. The Balaban J connectivity index is 2.43. The maximum absolute atomic E-state index is 9.18. The minimum atomic E-state index is -0.319. The molecule has 0 heterocycles. The van der Waals surface area contributed by atoms with E-state index in [-0.39, 0.29) is 5.60 Å². The molecule has 2 atom stereocenters. The maximum atomic E-state index is 9.18. The molecule has 1 rings (SSSR count). The summed E-state index contributed by atoms with van der Waals surface area (Å²) in [4.78, 5) is 0. The molecule has 0 aliphatic heterocycles. The quantitative estimate of drug-likeness (QED) is 0.484. The summed E-state index contributed by atoms with van der Waals surface area (Å²) in [7, 11) is 0. The molecule has 2 unspecified atom stereocenters. The second-order valence-corrected chi connectivity index (χ2v) is 2.80. The van der Waals surface area contributed by atoms with Crippen LogP contribution < -0.4 is 0 Å². The first kappa shape index (κ1) is 5.10. The first-order valence-corrected chi connectivity index (χ1v) is 2.85. The summed E-state index contributed by atoms with van der Waals surface area (Å²) >= 11 is 0. The number of rotatable bonds is 0. The van der Waals surface area contributed by atoms with Gasteiger partial charge in [0.1, 0.15) is 0 Å². The van der Waals surface area contributed by atoms with Crippen molar-refractivity contribution < 1.29 is 5.11 Å². The highest BCUT2D eigenvalue weighted by Crippen LogP contribution is 2.36. The zero-order chi connectivity index (χ0) is 5.49. The van der Waals surface area contributed by atoms with Gasteiger partial charge in [0, 0.05) is 0 Å². The molecule has 0 amide bonds. The van der Waals surface area contributed by atoms with Crippen LogP contribution in [0.3, 0.4) is 0 Å². The van der Waals surface area contributed by atoms with Crippen LogP contribution in [-0.2, 0) is 0 Å². The maximum Gasteiger partial charge on any atom is 0.0645 e. The Hall–Kier alpha value is -0.0400. The molecule has 0 radical (unpaired) electrons. The Labute approximate surface area is 44.4 Å². The lowest BCUT2D eigenvalue weighted by atomic mass is 9.72. The van der Waals surface area contributed by atoms with Gasteiger partial charge in [-0.25, -0.2) is 0 Å². The van der Waals surface area contributed by atoms with Gasteiger partial charge in [0.2, 0.25) is 0 Å². The van der Waals surface area contributed by atoms with E-state index in [1.165, 1.54) is 6.42 Å². The van der Waals surface area contributed by atoms with Gasteiger partial charge in [-0.2, -0.15) is 0 Å². The van der Waals surface area contributed by atoms with Crippen LogP contribution in [0.1, 0.15) is 26.7 Å². The lowest BCUT2D eigenvalue weighted by molar-refractivity contribution is -0.0692. The molecule has 42 valence electrons. The average Bonchev–Trinajstić information content (AvgIpc) is 1.63. The topological polar surface area (TPSA) is 20.2 Å². The molecule has 1 aliphatic carbocycles. The van der Waals surface area contributed by atoms with Crippen molar-refractivity contribution >= 4 is 0 Å². The first-order chi connectivity index (χ1) is 3.13. The summed E-state index contributed by atoms with van der Waals surface area (Å²) in [6.45, 7) is 3.99. The third kappa shape index (κ3) is 0.653. The Morgan fingerprint density at radius 3 is 2.14 bits per heavy atom. The molecule has 1 aliphatic rings. The molecule has 1 fully saturated rings. The van der Waals surface area contributed by atoms with Crippen LogP contribution >= 0.6 is 0 Å². The fourth-order valence-electron chi connectivity index (χ4n) is 0.851. The summed E-state index contributed by atoms with van der Waals surface area (Å²) in [5.41, 5.74) is -0.319. The summed E-state index contributed by atoms with van der Waals surface area (Å²) < 4.78 is 0. The number of hydrogen-bond donors (Lipinski definition) is 1. The van der Waals surface area contributed by atoms with E-state index < -0.39 is 0 Å². The minimum absolute atomic E-state index is 0.319. The van der Waals surface area contributed by atoms with Crippen LogP contribution in [0, 0.1) is 5.92 Å². The van der Waals surface area contributed by atoms with Crippen LogP contribution in [0.25, 0.3) is 0 Å². The molecule has 0 aromatic rings. The molecular formula is C6H12O. The van der Waals surface area contributed by atoms with Gasteiger partial charge in [-0.1, -0.05) is 6.92 Å². The van der Waals surface area contributed by atoms with Crippen molar-refractivity contribution in [3.8, 4) is 0 Å². The van der Waals surface area contributed by atoms with Gasteiger partial charge in [0.25, 0.3) is 0 Å². The monoisotopic (exact) mass is 100 g/mol. The van der Waals surface area contributed by atoms with Gasteiger partial charge in [-0.05, 0) is 25.7 Å². The predicted octanol–water partition coefficient (Wildman–Crippen LogP) is 1.17. The van der Waals surface area contributed by atoms with Gasteiger partial charge in [-0.15, -0.1) is 0 Å². The molecule has 1 nitrogen and oxygen atoms in total. The van der Waals surface area contributed by atoms with E-state index in [1.54, 1.807) is 0 Å². The Kier molecular flexibility index (Phi) is 0.890. The third-order valence-corrected chi connectivity index (χ3v) is 2.15. The molecule has 0 saturated heterocycles. The molecule has 0 spiro atoms. The second-order valence-electron chi connectivity index (χ2n) is 2.80. The lowest BCUT2D eigenvalue weighted by Gasteiger charge is -2.40. The van der Waals surface area contributed by atoms with Crippen molar-refractivity contribution in [3.63, 3.8) is 0 Å². The van der Waals surface area contributed by atoms with Gasteiger partial charge in [-0.3, -0.25) is 0 Å². The van der Waals surface area contributed by atoms with Crippen LogP contribution in [0.5, 0.6) is 0 Å². The van der Waals surface area contributed by atoms with E-state index in [9.17, 15) is 5.11 Å². The Morgan fingerprint density at radius 1 is 1.71 bits per heavy atom. The fourth-order valence-corrected chi connectivity index (χ4v) is 0.851. The first-order valence-electron chi connectivity index (χ1n) is 2.85. The molecule has 7 heavy (non-hydrogen) atoms. The molecule has 1 N–H and O–H groups in total. The van der Waals surface area contributed by atoms with E-state index in [0.29, 0.717) is 5.92 Å². The largest absolute Gasteiger partial charge is 0.390 e. The van der Waals surface area contributed by atoms with Crippen LogP contribution in [0.2, 0.25) is 0 Å². The van der Waals surface area contributed by atoms with Crippen molar-refractivity contribution in [2.45, 2.75) is 32.3 Å². The van der Waals surface area contributed by atoms with Crippen molar-refractivity contribution in [1.29, 1.82) is 0 Å². The molecular weight excluding hydrogens is 88.1 g/mol. The van der Waals surface area contributed by atoms with E-state index in [0.717, 1.165) is 6.42 Å². The summed E-state index contributed by atoms with van der Waals surface area (Å²) in [5.74, 6) is 0.535. The predicted molar refractivity (Wildman–Crippen MR) is 29.0 cm³/mol. The fraction of sp³-hybridized carbons (Fsp3) is 1.00. The van der Waals surface area contributed by atoms with Crippen LogP contribution in [0.4, 0.5) is 0 Å². The van der Waals surface area contributed by atoms with Gasteiger partial charge < -0.3 is 5.11 Å². The number of hydrogen-bond acceptors (Lipinski definition) is 1. The van der Waals surface area contributed by atoms with E-state index in [2.05, 4.69) is 6.92 Å². The summed E-state index contributed by atoms with van der Waals surface area (Å²) in [6.07, 6.45) is 2.20. The van der Waals surface area contributed by atoms with Gasteiger partial charge in [0.05, 0.1) is 5.60 Å². The summed E-state index contributed by atoms with van der Waals surface area (Å²) in [5, 5.41) is 9.18.